The summed E-state index contributed by atoms with van der Waals surface area (Å²) in [6.07, 6.45) is -0.156. The molecule has 0 radical (unpaired) electrons. The molecule has 2 N–H and O–H groups in total. The summed E-state index contributed by atoms with van der Waals surface area (Å²) >= 11 is 12.4. The van der Waals surface area contributed by atoms with Gasteiger partial charge in [-0.1, -0.05) is 102 Å². The molecular weight excluding hydrogens is 647 g/mol. The molecule has 6 rings (SSSR count). The molecule has 1 aromatic heterocycles. The van der Waals surface area contributed by atoms with Crippen LogP contribution in [0.2, 0.25) is 10.3 Å². The van der Waals surface area contributed by atoms with E-state index in [9.17, 15) is 19.5 Å². The lowest BCUT2D eigenvalue weighted by Crippen LogP contribution is -2.41. The number of imidazole rings is 1. The van der Waals surface area contributed by atoms with Gasteiger partial charge in [-0.25, -0.2) is 9.78 Å². The summed E-state index contributed by atoms with van der Waals surface area (Å²) in [7, 11) is 0. The summed E-state index contributed by atoms with van der Waals surface area (Å²) in [6, 6.07) is 23.0. The number of benzene rings is 3. The highest BCUT2D eigenvalue weighted by Gasteiger charge is 2.40. The number of imide groups is 1. The van der Waals surface area contributed by atoms with Crippen LogP contribution in [0.25, 0.3) is 0 Å². The number of aliphatic hydroxyl groups excluding tert-OH is 1. The van der Waals surface area contributed by atoms with E-state index >= 15 is 0 Å². The largest absolute Gasteiger partial charge is 0.445 e. The van der Waals surface area contributed by atoms with Gasteiger partial charge >= 0.3 is 6.09 Å². The van der Waals surface area contributed by atoms with Crippen LogP contribution >= 0.6 is 23.2 Å². The molecule has 2 aliphatic rings. The van der Waals surface area contributed by atoms with E-state index in [2.05, 4.69) is 10.3 Å². The zero-order chi connectivity index (χ0) is 32.9. The lowest BCUT2D eigenvalue weighted by Gasteiger charge is -2.36. The van der Waals surface area contributed by atoms with Crippen molar-refractivity contribution in [3.05, 3.63) is 123 Å². The Kier molecular flexibility index (Phi) is 10.2. The lowest BCUT2D eigenvalue weighted by molar-refractivity contribution is -0.252. The maximum atomic E-state index is 13.0. The van der Waals surface area contributed by atoms with Crippen LogP contribution in [0.3, 0.4) is 0 Å². The molecular formula is C34H32Cl2N4O7. The van der Waals surface area contributed by atoms with E-state index in [1.54, 1.807) is 23.0 Å². The first-order valence-electron chi connectivity index (χ1n) is 15.0. The van der Waals surface area contributed by atoms with Gasteiger partial charge in [-0.05, 0) is 22.3 Å². The SMILES string of the molecule is O=C(NC1CC(=O)N(Cc2ccc(C3OC(Cn4cnc(Cl)c4Cl)CC(c4ccc(CO)cc4)O3)cc2)C1=O)OCc1ccccc1. The molecule has 2 saturated heterocycles. The summed E-state index contributed by atoms with van der Waals surface area (Å²) in [5, 5.41) is 12.5. The van der Waals surface area contributed by atoms with E-state index in [-0.39, 0.29) is 49.4 Å². The predicted molar refractivity (Wildman–Crippen MR) is 171 cm³/mol. The van der Waals surface area contributed by atoms with Gasteiger partial charge in [0.25, 0.3) is 5.91 Å². The number of nitrogens with zero attached hydrogens (tertiary/aromatic N) is 3. The number of carbonyl (C=O) groups is 3. The van der Waals surface area contributed by atoms with Crippen LogP contribution in [0.1, 0.15) is 53.1 Å². The minimum absolute atomic E-state index is 0.0455. The molecule has 47 heavy (non-hydrogen) atoms. The minimum atomic E-state index is -0.992. The number of alkyl carbamates (subject to hydrolysis) is 1. The molecule has 4 unspecified atom stereocenters. The first kappa shape index (κ1) is 32.7. The van der Waals surface area contributed by atoms with E-state index in [0.717, 1.165) is 27.2 Å². The molecule has 3 amide bonds. The number of likely N-dealkylation sites (tertiary alicyclic amines) is 1. The van der Waals surface area contributed by atoms with Crippen molar-refractivity contribution >= 4 is 41.1 Å². The molecule has 2 fully saturated rings. The average molecular weight is 680 g/mol. The Morgan fingerprint density at radius 3 is 2.32 bits per heavy atom. The number of hydrogen-bond donors (Lipinski definition) is 2. The van der Waals surface area contributed by atoms with Crippen LogP contribution < -0.4 is 5.32 Å². The number of ether oxygens (including phenoxy) is 3. The Bertz CT molecular complexity index is 1720. The van der Waals surface area contributed by atoms with Crippen LogP contribution in [0.4, 0.5) is 4.79 Å². The van der Waals surface area contributed by atoms with E-state index in [4.69, 9.17) is 37.4 Å². The summed E-state index contributed by atoms with van der Waals surface area (Å²) in [4.78, 5) is 43.2. The van der Waals surface area contributed by atoms with Crippen molar-refractivity contribution in [2.75, 3.05) is 0 Å². The standard InChI is InChI=1S/C34H32Cl2N4O7/c35-30-31(36)39(20-37-30)17-26-14-28(24-10-8-22(18-41)9-11-24)47-33(46-26)25-12-6-21(7-13-25)16-40-29(42)15-27(32(40)43)38-34(44)45-19-23-4-2-1-3-5-23/h1-13,20,26-28,33,41H,14-19H2,(H,38,44). The maximum Gasteiger partial charge on any atom is 0.408 e. The number of aliphatic hydroxyl groups is 1. The number of nitrogens with one attached hydrogen (secondary N) is 1. The quantitative estimate of drug-likeness (QED) is 0.211. The van der Waals surface area contributed by atoms with Crippen molar-refractivity contribution < 1.29 is 33.7 Å². The van der Waals surface area contributed by atoms with Gasteiger partial charge in [0, 0.05) is 12.0 Å². The van der Waals surface area contributed by atoms with Crippen molar-refractivity contribution in [1.82, 2.24) is 19.8 Å². The molecule has 11 nitrogen and oxygen atoms in total. The van der Waals surface area contributed by atoms with Gasteiger partial charge in [0.05, 0.1) is 44.7 Å². The molecule has 2 aliphatic heterocycles. The van der Waals surface area contributed by atoms with Crippen LogP contribution in [0, 0.1) is 0 Å². The van der Waals surface area contributed by atoms with E-state index in [1.165, 1.54) is 0 Å². The maximum absolute atomic E-state index is 13.0. The smallest absolute Gasteiger partial charge is 0.408 e. The molecule has 0 bridgehead atoms. The molecule has 4 aromatic rings. The fourth-order valence-corrected chi connectivity index (χ4v) is 5.87. The fourth-order valence-electron chi connectivity index (χ4n) is 5.55. The third kappa shape index (κ3) is 7.83. The summed E-state index contributed by atoms with van der Waals surface area (Å²) in [5.41, 5.74) is 3.99. The second-order valence-corrected chi connectivity index (χ2v) is 12.1. The zero-order valence-electron chi connectivity index (χ0n) is 25.1. The average Bonchev–Trinajstić information content (AvgIpc) is 3.55. The normalized spacial score (nSPS) is 21.2. The molecule has 13 heteroatoms. The zero-order valence-corrected chi connectivity index (χ0v) is 26.6. The van der Waals surface area contributed by atoms with Gasteiger partial charge in [0.15, 0.2) is 11.4 Å². The topological polar surface area (TPSA) is 132 Å². The third-order valence-corrected chi connectivity index (χ3v) is 8.86. The van der Waals surface area contributed by atoms with Crippen LogP contribution in [0.15, 0.2) is 85.2 Å². The number of rotatable bonds is 10. The summed E-state index contributed by atoms with van der Waals surface area (Å²) in [5.74, 6) is -0.881. The van der Waals surface area contributed by atoms with Crippen molar-refractivity contribution in [3.63, 3.8) is 0 Å². The van der Waals surface area contributed by atoms with Crippen molar-refractivity contribution in [2.24, 2.45) is 0 Å². The number of amides is 3. The monoisotopic (exact) mass is 678 g/mol. The van der Waals surface area contributed by atoms with Gasteiger partial charge in [-0.15, -0.1) is 0 Å². The first-order valence-corrected chi connectivity index (χ1v) is 15.8. The Balaban J connectivity index is 1.10. The number of carbonyl (C=O) groups excluding carboxylic acids is 3. The Labute approximate surface area is 281 Å². The van der Waals surface area contributed by atoms with Crippen molar-refractivity contribution in [2.45, 2.75) is 63.7 Å². The second kappa shape index (κ2) is 14.7. The number of hydrogen-bond acceptors (Lipinski definition) is 8. The second-order valence-electron chi connectivity index (χ2n) is 11.4. The van der Waals surface area contributed by atoms with Gasteiger partial charge in [0.1, 0.15) is 17.8 Å². The minimum Gasteiger partial charge on any atom is -0.445 e. The third-order valence-electron chi connectivity index (χ3n) is 8.09. The van der Waals surface area contributed by atoms with Gasteiger partial charge in [-0.2, -0.15) is 0 Å². The van der Waals surface area contributed by atoms with E-state index in [0.29, 0.717) is 23.7 Å². The number of aromatic nitrogens is 2. The van der Waals surface area contributed by atoms with Crippen LogP contribution in [-0.2, 0) is 50.1 Å². The van der Waals surface area contributed by atoms with E-state index in [1.807, 2.05) is 66.7 Å². The predicted octanol–water partition coefficient (Wildman–Crippen LogP) is 5.48. The Morgan fingerprint density at radius 1 is 0.936 bits per heavy atom. The van der Waals surface area contributed by atoms with Crippen LogP contribution in [0.5, 0.6) is 0 Å². The Morgan fingerprint density at radius 2 is 1.64 bits per heavy atom. The first-order chi connectivity index (χ1) is 22.8. The number of halogens is 2. The molecule has 3 heterocycles. The lowest BCUT2D eigenvalue weighted by atomic mass is 10.00. The van der Waals surface area contributed by atoms with Crippen molar-refractivity contribution in [3.8, 4) is 0 Å². The van der Waals surface area contributed by atoms with Crippen LogP contribution in [-0.4, -0.2) is 49.6 Å². The molecule has 0 aliphatic carbocycles. The molecule has 4 atom stereocenters. The molecule has 0 saturated carbocycles. The van der Waals surface area contributed by atoms with Gasteiger partial charge in [-0.3, -0.25) is 14.5 Å². The van der Waals surface area contributed by atoms with E-state index < -0.39 is 24.3 Å². The fraction of sp³-hybridized carbons (Fsp3) is 0.294. The molecule has 0 spiro atoms. The Hall–Kier alpha value is -4.26. The molecule has 244 valence electrons. The highest BCUT2D eigenvalue weighted by Crippen LogP contribution is 2.39. The van der Waals surface area contributed by atoms with Crippen molar-refractivity contribution in [1.29, 1.82) is 0 Å². The van der Waals surface area contributed by atoms with Gasteiger partial charge in [0.2, 0.25) is 5.91 Å². The highest BCUT2D eigenvalue weighted by molar-refractivity contribution is 6.40. The summed E-state index contributed by atoms with van der Waals surface area (Å²) < 4.78 is 19.7. The highest BCUT2D eigenvalue weighted by atomic mass is 35.5. The van der Waals surface area contributed by atoms with Gasteiger partial charge < -0.3 is 29.2 Å². The molecule has 3 aromatic carbocycles. The summed E-state index contributed by atoms with van der Waals surface area (Å²) in [6.45, 7) is 0.439.